The average molecular weight is 349 g/mol. The first-order valence-corrected chi connectivity index (χ1v) is 8.72. The molecule has 2 rings (SSSR count). The van der Waals surface area contributed by atoms with Crippen LogP contribution in [0.2, 0.25) is 0 Å². The van der Waals surface area contributed by atoms with E-state index < -0.39 is 10.0 Å². The number of halogens is 1. The summed E-state index contributed by atoms with van der Waals surface area (Å²) in [5, 5.41) is 0. The molecule has 0 saturated carbocycles. The highest BCUT2D eigenvalue weighted by atomic mass is 79.9. The largest absolute Gasteiger partial charge is 0.292 e. The molecule has 0 spiro atoms. The second-order valence-corrected chi connectivity index (χ2v) is 7.50. The fraction of sp³-hybridized carbons (Fsp3) is 0.636. The van der Waals surface area contributed by atoms with Gasteiger partial charge in [-0.25, -0.2) is 23.1 Å². The van der Waals surface area contributed by atoms with Crippen molar-refractivity contribution < 1.29 is 8.42 Å². The van der Waals surface area contributed by atoms with E-state index in [1.807, 2.05) is 6.92 Å². The molecule has 19 heavy (non-hydrogen) atoms. The molecule has 2 atom stereocenters. The van der Waals surface area contributed by atoms with Crippen LogP contribution in [0, 0.1) is 0 Å². The van der Waals surface area contributed by atoms with Gasteiger partial charge in [-0.05, 0) is 29.3 Å². The van der Waals surface area contributed by atoms with Crippen molar-refractivity contribution >= 4 is 26.0 Å². The van der Waals surface area contributed by atoms with Crippen molar-refractivity contribution in [3.63, 3.8) is 0 Å². The molecule has 1 aromatic heterocycles. The summed E-state index contributed by atoms with van der Waals surface area (Å²) in [6.45, 7) is 3.56. The van der Waals surface area contributed by atoms with Gasteiger partial charge in [-0.15, -0.1) is 0 Å². The van der Waals surface area contributed by atoms with E-state index in [1.54, 1.807) is 12.4 Å². The smallest absolute Gasteiger partial charge is 0.208 e. The van der Waals surface area contributed by atoms with Gasteiger partial charge in [-0.1, -0.05) is 0 Å². The molecular formula is C11H17BrN4O2S. The maximum Gasteiger partial charge on any atom is 0.208 e. The summed E-state index contributed by atoms with van der Waals surface area (Å²) < 4.78 is 25.9. The van der Waals surface area contributed by atoms with Gasteiger partial charge in [0.2, 0.25) is 10.0 Å². The summed E-state index contributed by atoms with van der Waals surface area (Å²) in [6, 6.07) is 0.0624. The van der Waals surface area contributed by atoms with Gasteiger partial charge >= 0.3 is 0 Å². The maximum atomic E-state index is 11.2. The third kappa shape index (κ3) is 4.20. The molecule has 8 heteroatoms. The van der Waals surface area contributed by atoms with Crippen molar-refractivity contribution in [1.82, 2.24) is 19.6 Å². The van der Waals surface area contributed by atoms with Crippen LogP contribution in [-0.2, 0) is 10.0 Å². The molecule has 0 aromatic carbocycles. The van der Waals surface area contributed by atoms with Crippen molar-refractivity contribution in [1.29, 1.82) is 0 Å². The number of hydrogen-bond acceptors (Lipinski definition) is 5. The standard InChI is InChI=1S/C11H17BrN4O2S/c1-8(11-13-5-9(12)6-14-11)16-4-3-10(7-16)15-19(2,17)18/h5-6,8,10,15H,3-4,7H2,1-2H3. The van der Waals surface area contributed by atoms with Crippen LogP contribution in [0.15, 0.2) is 16.9 Å². The monoisotopic (exact) mass is 348 g/mol. The molecule has 6 nitrogen and oxygen atoms in total. The molecule has 2 heterocycles. The van der Waals surface area contributed by atoms with Crippen molar-refractivity contribution in [3.05, 3.63) is 22.7 Å². The van der Waals surface area contributed by atoms with Crippen LogP contribution in [0.4, 0.5) is 0 Å². The minimum absolute atomic E-state index is 0.0205. The van der Waals surface area contributed by atoms with Gasteiger partial charge < -0.3 is 0 Å². The number of nitrogens with one attached hydrogen (secondary N) is 1. The second kappa shape index (κ2) is 5.82. The molecule has 1 saturated heterocycles. The Balaban J connectivity index is 1.98. The summed E-state index contributed by atoms with van der Waals surface area (Å²) in [5.74, 6) is 0.753. The molecule has 0 radical (unpaired) electrons. The first-order valence-electron chi connectivity index (χ1n) is 6.04. The zero-order valence-electron chi connectivity index (χ0n) is 10.9. The van der Waals surface area contributed by atoms with E-state index in [0.29, 0.717) is 6.54 Å². The lowest BCUT2D eigenvalue weighted by atomic mass is 10.2. The zero-order valence-corrected chi connectivity index (χ0v) is 13.3. The van der Waals surface area contributed by atoms with Crippen LogP contribution in [0.1, 0.15) is 25.2 Å². The zero-order chi connectivity index (χ0) is 14.0. The third-order valence-corrected chi connectivity index (χ3v) is 4.33. The molecule has 106 valence electrons. The van der Waals surface area contributed by atoms with Crippen molar-refractivity contribution in [3.8, 4) is 0 Å². The highest BCUT2D eigenvalue weighted by molar-refractivity contribution is 9.10. The van der Waals surface area contributed by atoms with E-state index in [4.69, 9.17) is 0 Å². The van der Waals surface area contributed by atoms with Crippen LogP contribution in [0.25, 0.3) is 0 Å². The summed E-state index contributed by atoms with van der Waals surface area (Å²) in [4.78, 5) is 10.8. The van der Waals surface area contributed by atoms with E-state index in [1.165, 1.54) is 6.26 Å². The number of sulfonamides is 1. The number of likely N-dealkylation sites (tertiary alicyclic amines) is 1. The summed E-state index contributed by atoms with van der Waals surface area (Å²) in [5.41, 5.74) is 0. The Morgan fingerprint density at radius 2 is 2.11 bits per heavy atom. The van der Waals surface area contributed by atoms with Gasteiger partial charge in [0.1, 0.15) is 5.82 Å². The minimum Gasteiger partial charge on any atom is -0.292 e. The van der Waals surface area contributed by atoms with Gasteiger partial charge in [0.05, 0.1) is 16.8 Å². The lowest BCUT2D eigenvalue weighted by Gasteiger charge is -2.22. The molecule has 1 fully saturated rings. The summed E-state index contributed by atoms with van der Waals surface area (Å²) in [7, 11) is -3.14. The van der Waals surface area contributed by atoms with Gasteiger partial charge in [0, 0.05) is 31.5 Å². The topological polar surface area (TPSA) is 75.2 Å². The Morgan fingerprint density at radius 3 is 2.68 bits per heavy atom. The first-order chi connectivity index (χ1) is 8.85. The van der Waals surface area contributed by atoms with E-state index >= 15 is 0 Å². The van der Waals surface area contributed by atoms with Crippen LogP contribution < -0.4 is 4.72 Å². The normalized spacial score (nSPS) is 22.6. The number of hydrogen-bond donors (Lipinski definition) is 1. The van der Waals surface area contributed by atoms with Crippen LogP contribution in [0.3, 0.4) is 0 Å². The third-order valence-electron chi connectivity index (χ3n) is 3.16. The number of aromatic nitrogens is 2. The number of nitrogens with zero attached hydrogens (tertiary/aromatic N) is 3. The predicted octanol–water partition coefficient (Wildman–Crippen LogP) is 0.924. The Kier molecular flexibility index (Phi) is 4.54. The van der Waals surface area contributed by atoms with E-state index in [9.17, 15) is 8.42 Å². The van der Waals surface area contributed by atoms with Crippen LogP contribution in [-0.4, -0.2) is 48.7 Å². The molecule has 1 aromatic rings. The van der Waals surface area contributed by atoms with Gasteiger partial charge in [-0.3, -0.25) is 4.90 Å². The minimum atomic E-state index is -3.14. The van der Waals surface area contributed by atoms with E-state index in [0.717, 1.165) is 23.3 Å². The van der Waals surface area contributed by atoms with Crippen molar-refractivity contribution in [2.45, 2.75) is 25.4 Å². The highest BCUT2D eigenvalue weighted by Crippen LogP contribution is 2.22. The highest BCUT2D eigenvalue weighted by Gasteiger charge is 2.29. The van der Waals surface area contributed by atoms with Crippen molar-refractivity contribution in [2.75, 3.05) is 19.3 Å². The Labute approximate surface area is 121 Å². The van der Waals surface area contributed by atoms with Crippen LogP contribution in [0.5, 0.6) is 0 Å². The lowest BCUT2D eigenvalue weighted by Crippen LogP contribution is -2.37. The molecule has 1 aliphatic rings. The van der Waals surface area contributed by atoms with Gasteiger partial charge in [0.25, 0.3) is 0 Å². The summed E-state index contributed by atoms with van der Waals surface area (Å²) in [6.07, 6.45) is 5.45. The molecule has 2 unspecified atom stereocenters. The fourth-order valence-corrected chi connectivity index (χ4v) is 3.24. The first kappa shape index (κ1) is 14.8. The van der Waals surface area contributed by atoms with Crippen LogP contribution >= 0.6 is 15.9 Å². The molecule has 1 aliphatic heterocycles. The van der Waals surface area contributed by atoms with Gasteiger partial charge in [-0.2, -0.15) is 0 Å². The Bertz CT molecular complexity index is 534. The fourth-order valence-electron chi connectivity index (χ4n) is 2.24. The number of rotatable bonds is 4. The molecule has 0 aliphatic carbocycles. The quantitative estimate of drug-likeness (QED) is 0.875. The molecule has 0 amide bonds. The van der Waals surface area contributed by atoms with E-state index in [-0.39, 0.29) is 12.1 Å². The molecule has 1 N–H and O–H groups in total. The molecular weight excluding hydrogens is 332 g/mol. The van der Waals surface area contributed by atoms with E-state index in [2.05, 4.69) is 35.5 Å². The Hall–Kier alpha value is -0.570. The lowest BCUT2D eigenvalue weighted by molar-refractivity contribution is 0.249. The Morgan fingerprint density at radius 1 is 1.47 bits per heavy atom. The predicted molar refractivity (Wildman–Crippen MR) is 76.1 cm³/mol. The SMILES string of the molecule is CC(c1ncc(Br)cn1)N1CCC(NS(C)(=O)=O)C1. The maximum absolute atomic E-state index is 11.2. The average Bonchev–Trinajstić information content (AvgIpc) is 2.75. The molecule has 0 bridgehead atoms. The van der Waals surface area contributed by atoms with Gasteiger partial charge in [0.15, 0.2) is 0 Å². The second-order valence-electron chi connectivity index (χ2n) is 4.81. The van der Waals surface area contributed by atoms with Crippen molar-refractivity contribution in [2.24, 2.45) is 0 Å². The summed E-state index contributed by atoms with van der Waals surface area (Å²) >= 11 is 3.31.